The first kappa shape index (κ1) is 18.2. The monoisotopic (exact) mass is 318 g/mol. The van der Waals surface area contributed by atoms with Gasteiger partial charge in [0, 0.05) is 32.7 Å². The number of piperidine rings is 1. The number of hydrogen-bond donors (Lipinski definition) is 2. The summed E-state index contributed by atoms with van der Waals surface area (Å²) < 4.78 is 24.5. The van der Waals surface area contributed by atoms with Gasteiger partial charge in [-0.2, -0.15) is 0 Å². The Bertz CT molecular complexity index is 415. The van der Waals surface area contributed by atoms with Crippen LogP contribution >= 0.6 is 0 Å². The molecule has 7 heteroatoms. The summed E-state index contributed by atoms with van der Waals surface area (Å²) in [4.78, 5) is 4.62. The van der Waals surface area contributed by atoms with Crippen LogP contribution in [0.1, 0.15) is 39.5 Å². The summed E-state index contributed by atoms with van der Waals surface area (Å²) >= 11 is 0. The summed E-state index contributed by atoms with van der Waals surface area (Å²) in [6.45, 7) is 8.03. The van der Waals surface area contributed by atoms with Crippen molar-refractivity contribution in [3.8, 4) is 0 Å². The Balaban J connectivity index is 2.39. The van der Waals surface area contributed by atoms with Gasteiger partial charge in [0.15, 0.2) is 5.96 Å². The minimum absolute atomic E-state index is 0.477. The van der Waals surface area contributed by atoms with E-state index in [9.17, 15) is 8.42 Å². The van der Waals surface area contributed by atoms with Gasteiger partial charge in [0.05, 0.1) is 6.26 Å². The van der Waals surface area contributed by atoms with Crippen molar-refractivity contribution in [2.24, 2.45) is 10.9 Å². The van der Waals surface area contributed by atoms with E-state index >= 15 is 0 Å². The van der Waals surface area contributed by atoms with Crippen LogP contribution in [0.25, 0.3) is 0 Å². The van der Waals surface area contributed by atoms with Crippen LogP contribution in [0.5, 0.6) is 0 Å². The van der Waals surface area contributed by atoms with E-state index in [0.717, 1.165) is 51.3 Å². The first-order chi connectivity index (χ1) is 9.97. The van der Waals surface area contributed by atoms with Crippen molar-refractivity contribution in [2.75, 3.05) is 39.0 Å². The van der Waals surface area contributed by atoms with E-state index < -0.39 is 10.0 Å². The summed E-state index contributed by atoms with van der Waals surface area (Å²) in [5.74, 6) is 1.35. The summed E-state index contributed by atoms with van der Waals surface area (Å²) in [5, 5.41) is 6.57. The Morgan fingerprint density at radius 2 is 1.90 bits per heavy atom. The first-order valence-electron chi connectivity index (χ1n) is 7.94. The van der Waals surface area contributed by atoms with E-state index in [1.807, 2.05) is 0 Å². The molecule has 0 bridgehead atoms. The van der Waals surface area contributed by atoms with Crippen molar-refractivity contribution in [3.63, 3.8) is 0 Å². The number of guanidine groups is 1. The lowest BCUT2D eigenvalue weighted by atomic mass is 9.98. The van der Waals surface area contributed by atoms with Crippen molar-refractivity contribution in [1.29, 1.82) is 0 Å². The predicted molar refractivity (Wildman–Crippen MR) is 88.0 cm³/mol. The second kappa shape index (κ2) is 9.25. The van der Waals surface area contributed by atoms with Crippen molar-refractivity contribution in [1.82, 2.24) is 14.9 Å². The summed E-state index contributed by atoms with van der Waals surface area (Å²) in [5.41, 5.74) is 0. The molecule has 2 N–H and O–H groups in total. The van der Waals surface area contributed by atoms with Crippen molar-refractivity contribution in [3.05, 3.63) is 0 Å². The quantitative estimate of drug-likeness (QED) is 0.417. The van der Waals surface area contributed by atoms with E-state index in [-0.39, 0.29) is 0 Å². The Morgan fingerprint density at radius 1 is 1.24 bits per heavy atom. The molecule has 0 spiro atoms. The minimum Gasteiger partial charge on any atom is -0.357 e. The molecule has 0 aromatic rings. The van der Waals surface area contributed by atoms with Crippen LogP contribution < -0.4 is 10.6 Å². The summed E-state index contributed by atoms with van der Waals surface area (Å²) in [7, 11) is -3.03. The zero-order valence-corrected chi connectivity index (χ0v) is 14.4. The molecule has 1 rings (SSSR count). The number of nitrogens with zero attached hydrogens (tertiary/aromatic N) is 2. The fourth-order valence-electron chi connectivity index (χ4n) is 2.37. The maximum Gasteiger partial charge on any atom is 0.211 e. The van der Waals surface area contributed by atoms with E-state index in [4.69, 9.17) is 0 Å². The molecule has 1 aliphatic rings. The minimum atomic E-state index is -3.03. The number of rotatable bonds is 7. The maximum atomic E-state index is 11.5. The average Bonchev–Trinajstić information content (AvgIpc) is 2.44. The zero-order valence-electron chi connectivity index (χ0n) is 13.6. The summed E-state index contributed by atoms with van der Waals surface area (Å²) in [6.07, 6.45) is 5.37. The first-order valence-corrected chi connectivity index (χ1v) is 9.79. The lowest BCUT2D eigenvalue weighted by molar-refractivity contribution is 0.280. The second-order valence-corrected chi connectivity index (χ2v) is 7.59. The smallest absolute Gasteiger partial charge is 0.211 e. The topological polar surface area (TPSA) is 73.8 Å². The fourth-order valence-corrected chi connectivity index (χ4v) is 3.24. The third-order valence-electron chi connectivity index (χ3n) is 3.72. The second-order valence-electron chi connectivity index (χ2n) is 5.61. The highest BCUT2D eigenvalue weighted by atomic mass is 32.2. The standard InChI is InChI=1S/C14H30N4O2S/c1-4-6-9-16-14(15-5-2)17-12-13-7-10-18(11-8-13)21(3,19)20/h13H,4-12H2,1-3H3,(H2,15,16,17). The number of unbranched alkanes of at least 4 members (excludes halogenated alkanes) is 1. The van der Waals surface area contributed by atoms with Crippen molar-refractivity contribution in [2.45, 2.75) is 39.5 Å². The molecule has 1 aliphatic heterocycles. The van der Waals surface area contributed by atoms with Gasteiger partial charge in [0.25, 0.3) is 0 Å². The molecule has 0 amide bonds. The summed E-state index contributed by atoms with van der Waals surface area (Å²) in [6, 6.07) is 0. The van der Waals surface area contributed by atoms with Gasteiger partial charge in [-0.25, -0.2) is 12.7 Å². The number of hydrogen-bond acceptors (Lipinski definition) is 3. The van der Waals surface area contributed by atoms with Gasteiger partial charge < -0.3 is 10.6 Å². The van der Waals surface area contributed by atoms with E-state index in [1.165, 1.54) is 6.26 Å². The molecule has 21 heavy (non-hydrogen) atoms. The van der Waals surface area contributed by atoms with Gasteiger partial charge in [0.2, 0.25) is 10.0 Å². The molecule has 0 aliphatic carbocycles. The van der Waals surface area contributed by atoms with E-state index in [2.05, 4.69) is 29.5 Å². The maximum absolute atomic E-state index is 11.5. The van der Waals surface area contributed by atoms with Gasteiger partial charge in [0.1, 0.15) is 0 Å². The molecule has 124 valence electrons. The highest BCUT2D eigenvalue weighted by molar-refractivity contribution is 7.88. The Labute approximate surface area is 129 Å². The Kier molecular flexibility index (Phi) is 8.03. The predicted octanol–water partition coefficient (Wildman–Crippen LogP) is 1.01. The third-order valence-corrected chi connectivity index (χ3v) is 5.02. The van der Waals surface area contributed by atoms with Crippen LogP contribution in [0.2, 0.25) is 0 Å². The molecular weight excluding hydrogens is 288 g/mol. The average molecular weight is 318 g/mol. The Hall–Kier alpha value is -0.820. The van der Waals surface area contributed by atoms with Gasteiger partial charge >= 0.3 is 0 Å². The molecule has 0 aromatic carbocycles. The van der Waals surface area contributed by atoms with Crippen LogP contribution in [0.3, 0.4) is 0 Å². The number of aliphatic imine (C=N–C) groups is 1. The molecule has 6 nitrogen and oxygen atoms in total. The Morgan fingerprint density at radius 3 is 2.43 bits per heavy atom. The molecule has 0 aromatic heterocycles. The molecule has 0 unspecified atom stereocenters. The molecular formula is C14H30N4O2S. The van der Waals surface area contributed by atoms with Crippen LogP contribution in [-0.2, 0) is 10.0 Å². The lowest BCUT2D eigenvalue weighted by Crippen LogP contribution is -2.40. The van der Waals surface area contributed by atoms with Gasteiger partial charge in [-0.3, -0.25) is 4.99 Å². The van der Waals surface area contributed by atoms with Gasteiger partial charge in [-0.05, 0) is 32.1 Å². The normalized spacial score (nSPS) is 18.7. The highest BCUT2D eigenvalue weighted by Crippen LogP contribution is 2.19. The number of nitrogens with one attached hydrogen (secondary N) is 2. The van der Waals surface area contributed by atoms with E-state index in [0.29, 0.717) is 19.0 Å². The molecule has 0 atom stereocenters. The van der Waals surface area contributed by atoms with Crippen molar-refractivity contribution < 1.29 is 8.42 Å². The molecule has 0 saturated carbocycles. The zero-order chi connectivity index (χ0) is 15.7. The highest BCUT2D eigenvalue weighted by Gasteiger charge is 2.24. The van der Waals surface area contributed by atoms with Crippen LogP contribution in [0.15, 0.2) is 4.99 Å². The van der Waals surface area contributed by atoms with Crippen LogP contribution in [0.4, 0.5) is 0 Å². The van der Waals surface area contributed by atoms with E-state index in [1.54, 1.807) is 4.31 Å². The molecule has 1 heterocycles. The molecule has 1 saturated heterocycles. The van der Waals surface area contributed by atoms with Gasteiger partial charge in [-0.15, -0.1) is 0 Å². The van der Waals surface area contributed by atoms with Gasteiger partial charge in [-0.1, -0.05) is 13.3 Å². The largest absolute Gasteiger partial charge is 0.357 e. The van der Waals surface area contributed by atoms with Crippen LogP contribution in [0, 0.1) is 5.92 Å². The fraction of sp³-hybridized carbons (Fsp3) is 0.929. The van der Waals surface area contributed by atoms with Crippen LogP contribution in [-0.4, -0.2) is 57.7 Å². The molecule has 1 fully saturated rings. The third kappa shape index (κ3) is 7.13. The number of sulfonamides is 1. The van der Waals surface area contributed by atoms with Crippen molar-refractivity contribution >= 4 is 16.0 Å². The lowest BCUT2D eigenvalue weighted by Gasteiger charge is -2.29. The SMILES string of the molecule is CCCCNC(=NCC1CCN(S(C)(=O)=O)CC1)NCC. The molecule has 0 radical (unpaired) electrons.